The van der Waals surface area contributed by atoms with E-state index in [-0.39, 0.29) is 0 Å². The molecular formula is C12H12N4. The Balaban J connectivity index is 1.96. The molecule has 1 aliphatic carbocycles. The first-order valence-electron chi connectivity index (χ1n) is 5.26. The summed E-state index contributed by atoms with van der Waals surface area (Å²) >= 11 is 0. The first kappa shape index (κ1) is 9.30. The van der Waals surface area contributed by atoms with E-state index in [9.17, 15) is 0 Å². The zero-order chi connectivity index (χ0) is 11.0. The maximum absolute atomic E-state index is 5.33. The number of nitrogens with one attached hydrogen (secondary N) is 1. The highest BCUT2D eigenvalue weighted by Gasteiger charge is 2.29. The molecule has 3 rings (SSSR count). The molecule has 0 saturated carbocycles. The minimum Gasteiger partial charge on any atom is -0.308 e. The fraction of sp³-hybridized carbons (Fsp3) is 0.167. The van der Waals surface area contributed by atoms with Crippen molar-refractivity contribution in [1.29, 1.82) is 0 Å². The zero-order valence-corrected chi connectivity index (χ0v) is 8.72. The average Bonchev–Trinajstić information content (AvgIpc) is 2.31. The number of nitrogens with two attached hydrogens (primary N) is 1. The molecule has 0 saturated heterocycles. The number of nitrogens with zero attached hydrogens (tertiary/aromatic N) is 2. The van der Waals surface area contributed by atoms with Crippen molar-refractivity contribution < 1.29 is 0 Å². The lowest BCUT2D eigenvalue weighted by Gasteiger charge is -2.28. The summed E-state index contributed by atoms with van der Waals surface area (Å²) in [6.45, 7) is 0. The van der Waals surface area contributed by atoms with Gasteiger partial charge in [0.15, 0.2) is 0 Å². The molecule has 1 atom stereocenters. The fourth-order valence-corrected chi connectivity index (χ4v) is 2.11. The molecule has 4 heteroatoms. The SMILES string of the molecule is NNc1ccnc(C2Cc3ccccc32)n1. The lowest BCUT2D eigenvalue weighted by molar-refractivity contribution is 0.660. The van der Waals surface area contributed by atoms with E-state index in [0.29, 0.717) is 11.7 Å². The van der Waals surface area contributed by atoms with Crippen molar-refractivity contribution >= 4 is 5.82 Å². The van der Waals surface area contributed by atoms with Crippen LogP contribution in [0.1, 0.15) is 22.9 Å². The normalized spacial score (nSPS) is 17.4. The number of hydrogen-bond donors (Lipinski definition) is 2. The van der Waals surface area contributed by atoms with E-state index in [1.165, 1.54) is 11.1 Å². The number of hydrogen-bond acceptors (Lipinski definition) is 4. The summed E-state index contributed by atoms with van der Waals surface area (Å²) < 4.78 is 0. The molecule has 0 aliphatic heterocycles. The molecule has 0 amide bonds. The molecule has 4 nitrogen and oxygen atoms in total. The molecular weight excluding hydrogens is 200 g/mol. The Morgan fingerprint density at radius 2 is 2.12 bits per heavy atom. The van der Waals surface area contributed by atoms with Crippen LogP contribution < -0.4 is 11.3 Å². The Kier molecular flexibility index (Phi) is 2.08. The van der Waals surface area contributed by atoms with Gasteiger partial charge in [0.05, 0.1) is 0 Å². The minimum absolute atomic E-state index is 0.324. The second-order valence-corrected chi connectivity index (χ2v) is 3.90. The predicted octanol–water partition coefficient (Wildman–Crippen LogP) is 1.45. The highest BCUT2D eigenvalue weighted by molar-refractivity contribution is 5.45. The van der Waals surface area contributed by atoms with Crippen molar-refractivity contribution in [3.63, 3.8) is 0 Å². The first-order chi connectivity index (χ1) is 7.88. The number of fused-ring (bicyclic) bond motifs is 1. The molecule has 0 radical (unpaired) electrons. The van der Waals surface area contributed by atoms with E-state index in [1.54, 1.807) is 12.3 Å². The van der Waals surface area contributed by atoms with Crippen molar-refractivity contribution in [3.05, 3.63) is 53.5 Å². The van der Waals surface area contributed by atoms with Gasteiger partial charge in [0.25, 0.3) is 0 Å². The van der Waals surface area contributed by atoms with Gasteiger partial charge in [0.2, 0.25) is 0 Å². The number of aromatic nitrogens is 2. The van der Waals surface area contributed by atoms with Gasteiger partial charge in [0.1, 0.15) is 11.6 Å². The third-order valence-electron chi connectivity index (χ3n) is 2.99. The van der Waals surface area contributed by atoms with Gasteiger partial charge in [-0.15, -0.1) is 0 Å². The van der Waals surface area contributed by atoms with E-state index in [0.717, 1.165) is 12.2 Å². The minimum atomic E-state index is 0.324. The van der Waals surface area contributed by atoms with Crippen LogP contribution in [0.15, 0.2) is 36.5 Å². The molecule has 3 N–H and O–H groups in total. The van der Waals surface area contributed by atoms with E-state index in [2.05, 4.69) is 39.7 Å². The standard InChI is InChI=1S/C12H12N4/c13-16-11-5-6-14-12(15-11)10-7-8-3-1-2-4-9(8)10/h1-6,10H,7,13H2,(H,14,15,16). The van der Waals surface area contributed by atoms with E-state index in [4.69, 9.17) is 5.84 Å². The Morgan fingerprint density at radius 1 is 1.25 bits per heavy atom. The van der Waals surface area contributed by atoms with Crippen LogP contribution in [0.5, 0.6) is 0 Å². The number of hydrazine groups is 1. The Morgan fingerprint density at radius 3 is 2.94 bits per heavy atom. The molecule has 80 valence electrons. The zero-order valence-electron chi connectivity index (χ0n) is 8.72. The van der Waals surface area contributed by atoms with Gasteiger partial charge in [-0.1, -0.05) is 24.3 Å². The quantitative estimate of drug-likeness (QED) is 0.584. The molecule has 0 spiro atoms. The summed E-state index contributed by atoms with van der Waals surface area (Å²) in [5.74, 6) is 7.16. The molecule has 0 fully saturated rings. The third-order valence-corrected chi connectivity index (χ3v) is 2.99. The molecule has 1 aliphatic rings. The maximum Gasteiger partial charge on any atom is 0.143 e. The van der Waals surface area contributed by atoms with Crippen LogP contribution in [0.3, 0.4) is 0 Å². The van der Waals surface area contributed by atoms with Crippen molar-refractivity contribution in [2.24, 2.45) is 5.84 Å². The van der Waals surface area contributed by atoms with E-state index >= 15 is 0 Å². The summed E-state index contributed by atoms with van der Waals surface area (Å²) in [6, 6.07) is 10.2. The second-order valence-electron chi connectivity index (χ2n) is 3.90. The van der Waals surface area contributed by atoms with Crippen molar-refractivity contribution in [1.82, 2.24) is 9.97 Å². The molecule has 1 aromatic carbocycles. The summed E-state index contributed by atoms with van der Waals surface area (Å²) in [5, 5.41) is 0. The van der Waals surface area contributed by atoms with Gasteiger partial charge < -0.3 is 5.43 Å². The van der Waals surface area contributed by atoms with Gasteiger partial charge in [-0.05, 0) is 17.5 Å². The molecule has 1 heterocycles. The van der Waals surface area contributed by atoms with Crippen LogP contribution in [0.4, 0.5) is 5.82 Å². The lowest BCUT2D eigenvalue weighted by Crippen LogP contribution is -2.21. The molecule has 16 heavy (non-hydrogen) atoms. The maximum atomic E-state index is 5.33. The molecule has 0 bridgehead atoms. The topological polar surface area (TPSA) is 63.8 Å². The van der Waals surface area contributed by atoms with Gasteiger partial charge in [-0.25, -0.2) is 15.8 Å². The Labute approximate surface area is 93.5 Å². The number of anilines is 1. The number of rotatable bonds is 2. The van der Waals surface area contributed by atoms with Gasteiger partial charge in [-0.2, -0.15) is 0 Å². The summed E-state index contributed by atoms with van der Waals surface area (Å²) in [5.41, 5.74) is 5.26. The summed E-state index contributed by atoms with van der Waals surface area (Å²) in [7, 11) is 0. The molecule has 1 unspecified atom stereocenters. The van der Waals surface area contributed by atoms with Crippen LogP contribution in [0.2, 0.25) is 0 Å². The second kappa shape index (κ2) is 3.57. The van der Waals surface area contributed by atoms with Crippen molar-refractivity contribution in [3.8, 4) is 0 Å². The smallest absolute Gasteiger partial charge is 0.143 e. The summed E-state index contributed by atoms with van der Waals surface area (Å²) in [6.07, 6.45) is 2.75. The van der Waals surface area contributed by atoms with Crippen LogP contribution >= 0.6 is 0 Å². The van der Waals surface area contributed by atoms with Crippen LogP contribution in [-0.4, -0.2) is 9.97 Å². The Bertz CT molecular complexity index is 524. The van der Waals surface area contributed by atoms with Crippen molar-refractivity contribution in [2.45, 2.75) is 12.3 Å². The highest BCUT2D eigenvalue weighted by atomic mass is 15.3. The van der Waals surface area contributed by atoms with Gasteiger partial charge >= 0.3 is 0 Å². The number of benzene rings is 1. The first-order valence-corrected chi connectivity index (χ1v) is 5.26. The largest absolute Gasteiger partial charge is 0.308 e. The monoisotopic (exact) mass is 212 g/mol. The van der Waals surface area contributed by atoms with Gasteiger partial charge in [-0.3, -0.25) is 0 Å². The molecule has 1 aromatic heterocycles. The van der Waals surface area contributed by atoms with Crippen LogP contribution in [0, 0.1) is 0 Å². The van der Waals surface area contributed by atoms with Crippen LogP contribution in [0.25, 0.3) is 0 Å². The Hall–Kier alpha value is -1.94. The van der Waals surface area contributed by atoms with Gasteiger partial charge in [0, 0.05) is 18.2 Å². The highest BCUT2D eigenvalue weighted by Crippen LogP contribution is 2.38. The van der Waals surface area contributed by atoms with E-state index < -0.39 is 0 Å². The molecule has 2 aromatic rings. The average molecular weight is 212 g/mol. The predicted molar refractivity (Wildman–Crippen MR) is 61.8 cm³/mol. The fourth-order valence-electron chi connectivity index (χ4n) is 2.11. The third kappa shape index (κ3) is 1.35. The summed E-state index contributed by atoms with van der Waals surface area (Å²) in [4.78, 5) is 8.67. The van der Waals surface area contributed by atoms with Crippen molar-refractivity contribution in [2.75, 3.05) is 5.43 Å². The van der Waals surface area contributed by atoms with Crippen LogP contribution in [-0.2, 0) is 6.42 Å². The number of nitrogen functional groups attached to an aromatic ring is 1. The lowest BCUT2D eigenvalue weighted by atomic mass is 9.77. The van der Waals surface area contributed by atoms with E-state index in [1.807, 2.05) is 0 Å².